The maximum absolute atomic E-state index is 13.0. The summed E-state index contributed by atoms with van der Waals surface area (Å²) in [6, 6.07) is 0. The molecule has 0 aromatic heterocycles. The van der Waals surface area contributed by atoms with E-state index in [1.54, 1.807) is 0 Å². The molecule has 500 valence electrons. The van der Waals surface area contributed by atoms with E-state index in [9.17, 15) is 19.5 Å². The quantitative estimate of drug-likeness (QED) is 0.0211. The van der Waals surface area contributed by atoms with Crippen LogP contribution in [0.25, 0.3) is 0 Å². The molecule has 1 N–H and O–H groups in total. The zero-order valence-electron chi connectivity index (χ0n) is 57.3. The Bertz CT molecular complexity index is 1490. The third-order valence-electron chi connectivity index (χ3n) is 16.9. The lowest BCUT2D eigenvalue weighted by Crippen LogP contribution is -2.40. The molecule has 0 rings (SSSR count). The van der Waals surface area contributed by atoms with Gasteiger partial charge in [0.05, 0.1) is 34.4 Å². The fourth-order valence-electron chi connectivity index (χ4n) is 11.2. The topological polar surface area (TPSA) is 108 Å². The molecule has 0 spiro atoms. The highest BCUT2D eigenvalue weighted by molar-refractivity contribution is 5.71. The van der Waals surface area contributed by atoms with Crippen LogP contribution in [0.5, 0.6) is 0 Å². The number of unbranched alkanes of at least 4 members (excludes halogenated alkanes) is 49. The molecular formula is C76H144NO8+. The molecule has 85 heavy (non-hydrogen) atoms. The number of carboxylic acid groups (broad SMARTS) is 1. The molecule has 0 radical (unpaired) electrons. The normalized spacial score (nSPS) is 12.8. The van der Waals surface area contributed by atoms with Gasteiger partial charge < -0.3 is 28.5 Å². The zero-order valence-corrected chi connectivity index (χ0v) is 57.3. The fraction of sp³-hybridized carbons (Fsp3) is 0.882. The Kier molecular flexibility index (Phi) is 65.5. The van der Waals surface area contributed by atoms with Gasteiger partial charge in [-0.2, -0.15) is 0 Å². The standard InChI is InChI=1S/C76H143NO8/c1-6-8-10-12-14-16-18-20-22-24-26-28-30-32-34-35-36-37-38-39-41-43-45-47-49-51-53-55-57-59-61-63-65-67-74(79)85-72(71-84-76(75(80)81)82-69-68-77(3,4)5)70-83-73(78)66-64-62-60-58-56-54-52-50-48-46-44-42-40-33-31-29-27-25-23-21-19-17-15-13-11-9-7-2/h18,20,24-27,72,76H,6-17,19,21-23,28-71H2,1-5H3/p+1/b20-18-,26-24-,27-25-. The van der Waals surface area contributed by atoms with Crippen LogP contribution in [-0.4, -0.2) is 87.4 Å². The van der Waals surface area contributed by atoms with Gasteiger partial charge in [0.25, 0.3) is 6.29 Å². The molecular weight excluding hydrogens is 1050 g/mol. The van der Waals surface area contributed by atoms with E-state index in [-0.39, 0.29) is 38.2 Å². The predicted molar refractivity (Wildman–Crippen MR) is 364 cm³/mol. The van der Waals surface area contributed by atoms with Crippen molar-refractivity contribution in [3.8, 4) is 0 Å². The Labute approximate surface area is 528 Å². The van der Waals surface area contributed by atoms with Crippen LogP contribution in [-0.2, 0) is 33.3 Å². The molecule has 9 nitrogen and oxygen atoms in total. The second-order valence-corrected chi connectivity index (χ2v) is 26.6. The highest BCUT2D eigenvalue weighted by Crippen LogP contribution is 2.19. The molecule has 0 aliphatic heterocycles. The van der Waals surface area contributed by atoms with Gasteiger partial charge in [-0.25, -0.2) is 4.79 Å². The molecule has 0 saturated heterocycles. The molecule has 2 unspecified atom stereocenters. The number of carbonyl (C=O) groups excluding carboxylic acids is 2. The van der Waals surface area contributed by atoms with Crippen LogP contribution in [0.1, 0.15) is 373 Å². The summed E-state index contributed by atoms with van der Waals surface area (Å²) >= 11 is 0. The summed E-state index contributed by atoms with van der Waals surface area (Å²) in [5, 5.41) is 9.76. The second kappa shape index (κ2) is 67.4. The third kappa shape index (κ3) is 68.9. The smallest absolute Gasteiger partial charge is 0.361 e. The van der Waals surface area contributed by atoms with Gasteiger partial charge in [0.15, 0.2) is 6.10 Å². The number of nitrogens with zero attached hydrogens (tertiary/aromatic N) is 1. The van der Waals surface area contributed by atoms with Gasteiger partial charge in [-0.1, -0.05) is 326 Å². The van der Waals surface area contributed by atoms with Crippen LogP contribution in [0.2, 0.25) is 0 Å². The molecule has 2 atom stereocenters. The summed E-state index contributed by atoms with van der Waals surface area (Å²) in [4.78, 5) is 37.7. The van der Waals surface area contributed by atoms with Crippen molar-refractivity contribution in [3.05, 3.63) is 36.5 Å². The summed E-state index contributed by atoms with van der Waals surface area (Å²) in [6.07, 6.45) is 82.8. The molecule has 0 aromatic carbocycles. The van der Waals surface area contributed by atoms with Gasteiger partial charge in [0, 0.05) is 12.8 Å². The first-order valence-corrected chi connectivity index (χ1v) is 37.2. The number of aliphatic carboxylic acids is 1. The highest BCUT2D eigenvalue weighted by atomic mass is 16.7. The van der Waals surface area contributed by atoms with Crippen molar-refractivity contribution in [1.29, 1.82) is 0 Å². The van der Waals surface area contributed by atoms with E-state index >= 15 is 0 Å². The lowest BCUT2D eigenvalue weighted by atomic mass is 10.0. The summed E-state index contributed by atoms with van der Waals surface area (Å²) in [5.74, 6) is -1.97. The number of allylic oxidation sites excluding steroid dienone is 6. The van der Waals surface area contributed by atoms with Crippen LogP contribution in [0, 0.1) is 0 Å². The van der Waals surface area contributed by atoms with Gasteiger partial charge in [0.2, 0.25) is 0 Å². The summed E-state index contributed by atoms with van der Waals surface area (Å²) in [6.45, 7) is 4.94. The van der Waals surface area contributed by atoms with Crippen LogP contribution in [0.3, 0.4) is 0 Å². The monoisotopic (exact) mass is 1200 g/mol. The summed E-state index contributed by atoms with van der Waals surface area (Å²) < 4.78 is 23.0. The van der Waals surface area contributed by atoms with E-state index in [1.807, 2.05) is 21.1 Å². The molecule has 0 fully saturated rings. The summed E-state index contributed by atoms with van der Waals surface area (Å²) in [5.41, 5.74) is 0. The van der Waals surface area contributed by atoms with Crippen molar-refractivity contribution in [2.75, 3.05) is 47.5 Å². The largest absolute Gasteiger partial charge is 0.477 e. The zero-order chi connectivity index (χ0) is 61.9. The first kappa shape index (κ1) is 82.5. The first-order valence-electron chi connectivity index (χ1n) is 37.2. The molecule has 0 saturated carbocycles. The van der Waals surface area contributed by atoms with E-state index in [0.717, 1.165) is 44.9 Å². The van der Waals surface area contributed by atoms with E-state index < -0.39 is 18.4 Å². The van der Waals surface area contributed by atoms with Crippen molar-refractivity contribution in [1.82, 2.24) is 0 Å². The Balaban J connectivity index is 4.03. The molecule has 0 aliphatic rings. The van der Waals surface area contributed by atoms with Gasteiger partial charge >= 0.3 is 17.9 Å². The number of likely N-dealkylation sites (N-methyl/N-ethyl adjacent to an activating group) is 1. The number of hydrogen-bond donors (Lipinski definition) is 1. The van der Waals surface area contributed by atoms with Crippen molar-refractivity contribution >= 4 is 17.9 Å². The maximum Gasteiger partial charge on any atom is 0.361 e. The average Bonchev–Trinajstić information content (AvgIpc) is 3.49. The minimum Gasteiger partial charge on any atom is -0.477 e. The summed E-state index contributed by atoms with van der Waals surface area (Å²) in [7, 11) is 5.99. The average molecular weight is 1200 g/mol. The first-order chi connectivity index (χ1) is 41.6. The number of rotatable bonds is 70. The SMILES string of the molecule is CCCCCCC/C=C\C/C=C\CCCCCCCCCCCCCCCCCCCCCCCC(=O)OC(COC(=O)CCCCCCCCCCCCCCCCC/C=C\CCCCCCCCCC)COC(OCC[N+](C)(C)C)C(=O)O. The van der Waals surface area contributed by atoms with Crippen LogP contribution >= 0.6 is 0 Å². The number of carbonyl (C=O) groups is 3. The maximum atomic E-state index is 13.0. The van der Waals surface area contributed by atoms with Crippen molar-refractivity contribution in [3.63, 3.8) is 0 Å². The second-order valence-electron chi connectivity index (χ2n) is 26.6. The minimum absolute atomic E-state index is 0.176. The lowest BCUT2D eigenvalue weighted by molar-refractivity contribution is -0.870. The van der Waals surface area contributed by atoms with Crippen molar-refractivity contribution in [2.45, 2.75) is 386 Å². The van der Waals surface area contributed by atoms with Crippen molar-refractivity contribution in [2.24, 2.45) is 0 Å². The van der Waals surface area contributed by atoms with E-state index in [0.29, 0.717) is 17.4 Å². The third-order valence-corrected chi connectivity index (χ3v) is 16.9. The van der Waals surface area contributed by atoms with E-state index in [2.05, 4.69) is 50.3 Å². The van der Waals surface area contributed by atoms with E-state index in [4.69, 9.17) is 18.9 Å². The molecule has 0 aromatic rings. The molecule has 0 aliphatic carbocycles. The van der Waals surface area contributed by atoms with Crippen LogP contribution < -0.4 is 0 Å². The number of quaternary nitrogens is 1. The number of hydrogen-bond acceptors (Lipinski definition) is 7. The van der Waals surface area contributed by atoms with Gasteiger partial charge in [-0.05, 0) is 70.6 Å². The predicted octanol–water partition coefficient (Wildman–Crippen LogP) is 23.1. The minimum atomic E-state index is -1.51. The Hall–Kier alpha value is -2.49. The number of esters is 2. The van der Waals surface area contributed by atoms with Crippen LogP contribution in [0.15, 0.2) is 36.5 Å². The Morgan fingerprint density at radius 3 is 0.941 bits per heavy atom. The van der Waals surface area contributed by atoms with Gasteiger partial charge in [0.1, 0.15) is 13.2 Å². The molecule has 0 heterocycles. The fourth-order valence-corrected chi connectivity index (χ4v) is 11.2. The van der Waals surface area contributed by atoms with Crippen LogP contribution in [0.4, 0.5) is 0 Å². The van der Waals surface area contributed by atoms with Gasteiger partial charge in [-0.3, -0.25) is 9.59 Å². The molecule has 0 bridgehead atoms. The highest BCUT2D eigenvalue weighted by Gasteiger charge is 2.25. The number of ether oxygens (including phenoxy) is 4. The number of carboxylic acids is 1. The van der Waals surface area contributed by atoms with Gasteiger partial charge in [-0.15, -0.1) is 0 Å². The van der Waals surface area contributed by atoms with E-state index in [1.165, 1.54) is 302 Å². The van der Waals surface area contributed by atoms with Crippen molar-refractivity contribution < 1.29 is 42.9 Å². The molecule has 9 heteroatoms. The Morgan fingerprint density at radius 2 is 0.635 bits per heavy atom. The molecule has 0 amide bonds. The Morgan fingerprint density at radius 1 is 0.353 bits per heavy atom. The lowest BCUT2D eigenvalue weighted by Gasteiger charge is -2.25.